The first-order valence-corrected chi connectivity index (χ1v) is 5.98. The fourth-order valence-corrected chi connectivity index (χ4v) is 1.87. The highest BCUT2D eigenvalue weighted by atomic mass is 16.3. The Morgan fingerprint density at radius 2 is 2.11 bits per heavy atom. The van der Waals surface area contributed by atoms with Crippen molar-refractivity contribution in [2.45, 2.75) is 12.5 Å². The largest absolute Gasteiger partial charge is 0.397 e. The van der Waals surface area contributed by atoms with Crippen molar-refractivity contribution in [3.8, 4) is 0 Å². The van der Waals surface area contributed by atoms with Gasteiger partial charge in [-0.3, -0.25) is 4.79 Å². The van der Waals surface area contributed by atoms with Crippen LogP contribution in [-0.2, 0) is 5.54 Å². The molecule has 1 aromatic heterocycles. The molecular formula is C14H17N3O2. The molecule has 0 saturated heterocycles. The SMILES string of the molecule is CC(CO)(NC(=O)c1cc(N)c[nH]1)c1ccccc1. The molecule has 2 aromatic rings. The Kier molecular flexibility index (Phi) is 3.57. The molecule has 1 atom stereocenters. The second-order valence-electron chi connectivity index (χ2n) is 4.66. The first-order chi connectivity index (χ1) is 9.05. The molecule has 1 heterocycles. The summed E-state index contributed by atoms with van der Waals surface area (Å²) in [6.45, 7) is 1.57. The molecule has 0 fully saturated rings. The number of aliphatic hydroxyl groups excluding tert-OH is 1. The van der Waals surface area contributed by atoms with Crippen LogP contribution >= 0.6 is 0 Å². The van der Waals surface area contributed by atoms with Gasteiger partial charge in [-0.05, 0) is 18.6 Å². The van der Waals surface area contributed by atoms with Gasteiger partial charge in [0.15, 0.2) is 0 Å². The Morgan fingerprint density at radius 3 is 2.63 bits per heavy atom. The summed E-state index contributed by atoms with van der Waals surface area (Å²) in [5, 5.41) is 12.4. The molecule has 0 saturated carbocycles. The van der Waals surface area contributed by atoms with Crippen LogP contribution in [0.15, 0.2) is 42.6 Å². The molecule has 5 nitrogen and oxygen atoms in total. The van der Waals surface area contributed by atoms with Crippen LogP contribution in [0, 0.1) is 0 Å². The van der Waals surface area contributed by atoms with Crippen LogP contribution in [0.3, 0.4) is 0 Å². The number of carbonyl (C=O) groups is 1. The third kappa shape index (κ3) is 2.77. The minimum absolute atomic E-state index is 0.195. The molecule has 0 aliphatic heterocycles. The number of anilines is 1. The predicted octanol–water partition coefficient (Wildman–Crippen LogP) is 1.23. The van der Waals surface area contributed by atoms with Crippen molar-refractivity contribution in [3.05, 3.63) is 53.9 Å². The van der Waals surface area contributed by atoms with E-state index in [4.69, 9.17) is 5.73 Å². The topological polar surface area (TPSA) is 91.1 Å². The smallest absolute Gasteiger partial charge is 0.268 e. The van der Waals surface area contributed by atoms with Gasteiger partial charge < -0.3 is 21.1 Å². The summed E-state index contributed by atoms with van der Waals surface area (Å²) in [5.41, 5.74) is 6.43. The summed E-state index contributed by atoms with van der Waals surface area (Å²) in [6.07, 6.45) is 1.55. The average molecular weight is 259 g/mol. The first-order valence-electron chi connectivity index (χ1n) is 5.98. The molecule has 0 aliphatic carbocycles. The molecule has 100 valence electrons. The van der Waals surface area contributed by atoms with E-state index in [-0.39, 0.29) is 12.5 Å². The van der Waals surface area contributed by atoms with E-state index in [0.29, 0.717) is 11.4 Å². The molecule has 1 aromatic carbocycles. The average Bonchev–Trinajstić information content (AvgIpc) is 2.86. The monoisotopic (exact) mass is 259 g/mol. The number of rotatable bonds is 4. The number of benzene rings is 1. The Labute approximate surface area is 111 Å². The fraction of sp³-hybridized carbons (Fsp3) is 0.214. The highest BCUT2D eigenvalue weighted by molar-refractivity contribution is 5.94. The molecule has 0 radical (unpaired) electrons. The number of H-pyrrole nitrogens is 1. The van der Waals surface area contributed by atoms with Gasteiger partial charge in [-0.1, -0.05) is 30.3 Å². The number of amides is 1. The standard InChI is InChI=1S/C14H17N3O2/c1-14(9-18,10-5-3-2-4-6-10)17-13(19)12-7-11(15)8-16-12/h2-8,16,18H,9,15H2,1H3,(H,17,19). The molecule has 1 amide bonds. The Balaban J connectivity index is 2.22. The second-order valence-corrected chi connectivity index (χ2v) is 4.66. The molecule has 19 heavy (non-hydrogen) atoms. The van der Waals surface area contributed by atoms with Gasteiger partial charge in [0.05, 0.1) is 12.1 Å². The van der Waals surface area contributed by atoms with Crippen molar-refractivity contribution in [1.29, 1.82) is 0 Å². The number of aromatic nitrogens is 1. The highest BCUT2D eigenvalue weighted by Crippen LogP contribution is 2.20. The number of nitrogens with one attached hydrogen (secondary N) is 2. The molecular weight excluding hydrogens is 242 g/mol. The van der Waals surface area contributed by atoms with Crippen molar-refractivity contribution in [3.63, 3.8) is 0 Å². The lowest BCUT2D eigenvalue weighted by molar-refractivity contribution is 0.0845. The number of hydrogen-bond donors (Lipinski definition) is 4. The van der Waals surface area contributed by atoms with Crippen LogP contribution < -0.4 is 11.1 Å². The molecule has 0 bridgehead atoms. The van der Waals surface area contributed by atoms with E-state index in [0.717, 1.165) is 5.56 Å². The van der Waals surface area contributed by atoms with Crippen LogP contribution in [0.25, 0.3) is 0 Å². The lowest BCUT2D eigenvalue weighted by atomic mass is 9.93. The number of aromatic amines is 1. The number of nitrogen functional groups attached to an aromatic ring is 1. The summed E-state index contributed by atoms with van der Waals surface area (Å²) >= 11 is 0. The molecule has 0 aliphatic rings. The summed E-state index contributed by atoms with van der Waals surface area (Å²) in [6, 6.07) is 10.9. The van der Waals surface area contributed by atoms with E-state index in [2.05, 4.69) is 10.3 Å². The Hall–Kier alpha value is -2.27. The molecule has 5 heteroatoms. The van der Waals surface area contributed by atoms with Gasteiger partial charge in [-0.25, -0.2) is 0 Å². The van der Waals surface area contributed by atoms with E-state index in [9.17, 15) is 9.90 Å². The number of aliphatic hydroxyl groups is 1. The molecule has 2 rings (SSSR count). The zero-order chi connectivity index (χ0) is 13.9. The number of carbonyl (C=O) groups excluding carboxylic acids is 1. The zero-order valence-electron chi connectivity index (χ0n) is 10.7. The Morgan fingerprint density at radius 1 is 1.42 bits per heavy atom. The zero-order valence-corrected chi connectivity index (χ0v) is 10.7. The van der Waals surface area contributed by atoms with Crippen molar-refractivity contribution >= 4 is 11.6 Å². The maximum absolute atomic E-state index is 12.1. The number of hydrogen-bond acceptors (Lipinski definition) is 3. The van der Waals surface area contributed by atoms with Crippen LogP contribution in [-0.4, -0.2) is 22.6 Å². The third-order valence-corrected chi connectivity index (χ3v) is 3.07. The summed E-state index contributed by atoms with van der Waals surface area (Å²) in [7, 11) is 0. The van der Waals surface area contributed by atoms with E-state index < -0.39 is 5.54 Å². The summed E-state index contributed by atoms with van der Waals surface area (Å²) in [4.78, 5) is 14.9. The summed E-state index contributed by atoms with van der Waals surface area (Å²) in [5.74, 6) is -0.308. The first kappa shape index (κ1) is 13.2. The van der Waals surface area contributed by atoms with E-state index in [1.807, 2.05) is 30.3 Å². The molecule has 1 unspecified atom stereocenters. The van der Waals surface area contributed by atoms with Gasteiger partial charge in [-0.15, -0.1) is 0 Å². The quantitative estimate of drug-likeness (QED) is 0.665. The van der Waals surface area contributed by atoms with Gasteiger partial charge in [0, 0.05) is 11.9 Å². The maximum atomic E-state index is 12.1. The maximum Gasteiger partial charge on any atom is 0.268 e. The van der Waals surface area contributed by atoms with Gasteiger partial charge in [0.1, 0.15) is 5.69 Å². The minimum Gasteiger partial charge on any atom is -0.397 e. The predicted molar refractivity (Wildman–Crippen MR) is 73.6 cm³/mol. The fourth-order valence-electron chi connectivity index (χ4n) is 1.87. The van der Waals surface area contributed by atoms with Crippen LogP contribution in [0.1, 0.15) is 23.0 Å². The molecule has 0 spiro atoms. The van der Waals surface area contributed by atoms with Gasteiger partial charge >= 0.3 is 0 Å². The third-order valence-electron chi connectivity index (χ3n) is 3.07. The van der Waals surface area contributed by atoms with E-state index in [1.165, 1.54) is 0 Å². The Bertz CT molecular complexity index is 565. The van der Waals surface area contributed by atoms with E-state index in [1.54, 1.807) is 19.2 Å². The van der Waals surface area contributed by atoms with Crippen LogP contribution in [0.2, 0.25) is 0 Å². The van der Waals surface area contributed by atoms with Crippen molar-refractivity contribution in [2.24, 2.45) is 0 Å². The van der Waals surface area contributed by atoms with Crippen molar-refractivity contribution in [1.82, 2.24) is 10.3 Å². The van der Waals surface area contributed by atoms with Crippen LogP contribution in [0.4, 0.5) is 5.69 Å². The second kappa shape index (κ2) is 5.16. The summed E-state index contributed by atoms with van der Waals surface area (Å²) < 4.78 is 0. The lowest BCUT2D eigenvalue weighted by Gasteiger charge is -2.29. The van der Waals surface area contributed by atoms with Gasteiger partial charge in [0.25, 0.3) is 5.91 Å². The van der Waals surface area contributed by atoms with Gasteiger partial charge in [0.2, 0.25) is 0 Å². The van der Waals surface area contributed by atoms with Crippen molar-refractivity contribution in [2.75, 3.05) is 12.3 Å². The van der Waals surface area contributed by atoms with E-state index >= 15 is 0 Å². The van der Waals surface area contributed by atoms with Crippen LogP contribution in [0.5, 0.6) is 0 Å². The number of nitrogens with two attached hydrogens (primary N) is 1. The minimum atomic E-state index is -0.835. The molecule has 5 N–H and O–H groups in total. The normalized spacial score (nSPS) is 13.8. The van der Waals surface area contributed by atoms with Gasteiger partial charge in [-0.2, -0.15) is 0 Å². The lowest BCUT2D eigenvalue weighted by Crippen LogP contribution is -2.46. The highest BCUT2D eigenvalue weighted by Gasteiger charge is 2.28. The van der Waals surface area contributed by atoms with Crippen molar-refractivity contribution < 1.29 is 9.90 Å².